The molecule has 0 saturated carbocycles. The van der Waals surface area contributed by atoms with Gasteiger partial charge < -0.3 is 19.9 Å². The van der Waals surface area contributed by atoms with Crippen LogP contribution in [0, 0.1) is 38.5 Å². The summed E-state index contributed by atoms with van der Waals surface area (Å²) in [5.41, 5.74) is 4.29. The van der Waals surface area contributed by atoms with Gasteiger partial charge in [0.2, 0.25) is 0 Å². The monoisotopic (exact) mass is 616 g/mol. The average molecular weight is 616 g/mol. The molecule has 1 aliphatic rings. The highest BCUT2D eigenvalue weighted by Crippen LogP contribution is 2.45. The first-order valence-corrected chi connectivity index (χ1v) is 18.3. The van der Waals surface area contributed by atoms with Gasteiger partial charge >= 0.3 is 5.97 Å². The van der Waals surface area contributed by atoms with Crippen molar-refractivity contribution >= 4 is 5.97 Å². The van der Waals surface area contributed by atoms with Gasteiger partial charge in [-0.2, -0.15) is 0 Å². The minimum atomic E-state index is -0.136. The Morgan fingerprint density at radius 1 is 0.818 bits per heavy atom. The first-order chi connectivity index (χ1) is 21.0. The van der Waals surface area contributed by atoms with E-state index in [2.05, 4.69) is 60.7 Å². The van der Waals surface area contributed by atoms with E-state index in [0.717, 1.165) is 110 Å². The number of aliphatic hydroxyl groups excluding tert-OH is 1. The third-order valence-electron chi connectivity index (χ3n) is 10.1. The number of unbranched alkanes of at least 4 members (excludes halogenated alkanes) is 3. The zero-order valence-electron chi connectivity index (χ0n) is 30.0. The number of nitrogens with one attached hydrogen (secondary N) is 1. The van der Waals surface area contributed by atoms with Crippen molar-refractivity contribution in [2.75, 3.05) is 19.7 Å². The number of hydrogen-bond donors (Lipinski definition) is 2. The van der Waals surface area contributed by atoms with Crippen LogP contribution in [-0.4, -0.2) is 36.4 Å². The van der Waals surface area contributed by atoms with Gasteiger partial charge in [-0.25, -0.2) is 0 Å². The summed E-state index contributed by atoms with van der Waals surface area (Å²) in [6.45, 7) is 20.3. The predicted octanol–water partition coefficient (Wildman–Crippen LogP) is 9.96. The molecule has 1 heterocycles. The molecule has 0 unspecified atom stereocenters. The van der Waals surface area contributed by atoms with Crippen LogP contribution in [0.1, 0.15) is 160 Å². The molecule has 0 amide bonds. The number of rotatable bonds is 23. The second kappa shape index (κ2) is 20.5. The molecule has 0 aromatic heterocycles. The number of fused-ring (bicyclic) bond motifs is 1. The minimum absolute atomic E-state index is 0.132. The van der Waals surface area contributed by atoms with Crippen molar-refractivity contribution in [3.63, 3.8) is 0 Å². The molecule has 0 bridgehead atoms. The van der Waals surface area contributed by atoms with E-state index in [0.29, 0.717) is 6.42 Å². The molecule has 0 fully saturated rings. The number of carbonyl (C=O) groups excluding carboxylic acids is 1. The molecular formula is C39H69NO4. The van der Waals surface area contributed by atoms with Crippen molar-refractivity contribution in [2.24, 2.45) is 17.8 Å². The van der Waals surface area contributed by atoms with Crippen LogP contribution in [-0.2, 0) is 11.2 Å². The highest BCUT2D eigenvalue weighted by atomic mass is 16.5. The van der Waals surface area contributed by atoms with Crippen LogP contribution in [0.2, 0.25) is 0 Å². The topological polar surface area (TPSA) is 67.8 Å². The van der Waals surface area contributed by atoms with Gasteiger partial charge in [0.1, 0.15) is 17.1 Å². The molecule has 2 rings (SSSR count). The summed E-state index contributed by atoms with van der Waals surface area (Å²) in [4.78, 5) is 12.7. The second-order valence-corrected chi connectivity index (χ2v) is 14.9. The molecule has 0 spiro atoms. The van der Waals surface area contributed by atoms with Crippen molar-refractivity contribution in [2.45, 2.75) is 170 Å². The zero-order valence-corrected chi connectivity index (χ0v) is 30.0. The molecule has 1 aliphatic heterocycles. The summed E-state index contributed by atoms with van der Waals surface area (Å²) in [6.07, 6.45) is 19.0. The standard InChI is InChI=1S/C39H69NO4/c1-29(2)17-14-18-30(3)19-15-20-31(4)21-16-24-39(8)25-23-35-34(7)37(32(5)33(6)38(35)44-39)43-36(42)22-10-9-11-26-40-27-12-13-28-41/h29-31,40-41H,9-28H2,1-8H3/t30-,31-,39-/m1/s1. The maximum Gasteiger partial charge on any atom is 0.311 e. The molecule has 1 aromatic carbocycles. The molecule has 0 saturated heterocycles. The predicted molar refractivity (Wildman–Crippen MR) is 186 cm³/mol. The van der Waals surface area contributed by atoms with Crippen molar-refractivity contribution in [3.8, 4) is 11.5 Å². The third kappa shape index (κ3) is 13.8. The number of esters is 1. The highest BCUT2D eigenvalue weighted by molar-refractivity contribution is 5.74. The lowest BCUT2D eigenvalue weighted by atomic mass is 9.83. The Hall–Kier alpha value is -1.59. The van der Waals surface area contributed by atoms with Crippen molar-refractivity contribution in [1.29, 1.82) is 0 Å². The number of benzene rings is 1. The summed E-state index contributed by atoms with van der Waals surface area (Å²) in [5, 5.41) is 12.2. The second-order valence-electron chi connectivity index (χ2n) is 14.9. The van der Waals surface area contributed by atoms with Crippen molar-refractivity contribution < 1.29 is 19.4 Å². The molecule has 3 atom stereocenters. The Kier molecular flexibility index (Phi) is 18.0. The van der Waals surface area contributed by atoms with Gasteiger partial charge in [-0.1, -0.05) is 79.1 Å². The smallest absolute Gasteiger partial charge is 0.311 e. The fourth-order valence-corrected chi connectivity index (χ4v) is 6.76. The van der Waals surface area contributed by atoms with Crippen LogP contribution in [0.25, 0.3) is 0 Å². The first kappa shape index (κ1) is 38.6. The molecule has 0 aliphatic carbocycles. The number of carbonyl (C=O) groups is 1. The molecule has 5 heteroatoms. The summed E-state index contributed by atoms with van der Waals surface area (Å²) in [6, 6.07) is 0. The fraction of sp³-hybridized carbons (Fsp3) is 0.821. The summed E-state index contributed by atoms with van der Waals surface area (Å²) in [7, 11) is 0. The molecule has 0 radical (unpaired) electrons. The molecule has 2 N–H and O–H groups in total. The van der Waals surface area contributed by atoms with E-state index in [1.54, 1.807) is 0 Å². The van der Waals surface area contributed by atoms with Gasteiger partial charge in [0, 0.05) is 18.6 Å². The molecule has 1 aromatic rings. The van der Waals surface area contributed by atoms with Gasteiger partial charge in [-0.3, -0.25) is 4.79 Å². The van der Waals surface area contributed by atoms with E-state index in [9.17, 15) is 4.79 Å². The zero-order chi connectivity index (χ0) is 32.5. The third-order valence-corrected chi connectivity index (χ3v) is 10.1. The average Bonchev–Trinajstić information content (AvgIpc) is 2.97. The first-order valence-electron chi connectivity index (χ1n) is 18.3. The Morgan fingerprint density at radius 3 is 2.07 bits per heavy atom. The van der Waals surface area contributed by atoms with Gasteiger partial charge in [0.25, 0.3) is 0 Å². The van der Waals surface area contributed by atoms with Gasteiger partial charge in [0.15, 0.2) is 0 Å². The largest absolute Gasteiger partial charge is 0.487 e. The Morgan fingerprint density at radius 2 is 1.43 bits per heavy atom. The normalized spacial score (nSPS) is 17.8. The molecular weight excluding hydrogens is 546 g/mol. The van der Waals surface area contributed by atoms with Crippen molar-refractivity contribution in [1.82, 2.24) is 5.32 Å². The Bertz CT molecular complexity index is 974. The lowest BCUT2D eigenvalue weighted by molar-refractivity contribution is -0.134. The van der Waals surface area contributed by atoms with Crippen LogP contribution in [0.4, 0.5) is 0 Å². The maximum atomic E-state index is 12.7. The van der Waals surface area contributed by atoms with E-state index < -0.39 is 0 Å². The minimum Gasteiger partial charge on any atom is -0.487 e. The quantitative estimate of drug-likeness (QED) is 0.0728. The van der Waals surface area contributed by atoms with Crippen molar-refractivity contribution in [3.05, 3.63) is 22.3 Å². The Balaban J connectivity index is 1.78. The van der Waals surface area contributed by atoms with E-state index in [-0.39, 0.29) is 18.2 Å². The van der Waals surface area contributed by atoms with E-state index in [1.165, 1.54) is 56.9 Å². The maximum absolute atomic E-state index is 12.7. The van der Waals surface area contributed by atoms with Crippen LogP contribution in [0.3, 0.4) is 0 Å². The van der Waals surface area contributed by atoms with E-state index in [1.807, 2.05) is 0 Å². The summed E-state index contributed by atoms with van der Waals surface area (Å²) in [5.74, 6) is 4.10. The lowest BCUT2D eigenvalue weighted by Crippen LogP contribution is -2.37. The molecule has 44 heavy (non-hydrogen) atoms. The molecule has 5 nitrogen and oxygen atoms in total. The van der Waals surface area contributed by atoms with E-state index >= 15 is 0 Å². The van der Waals surface area contributed by atoms with Crippen LogP contribution in [0.15, 0.2) is 0 Å². The van der Waals surface area contributed by atoms with Crippen LogP contribution in [0.5, 0.6) is 11.5 Å². The van der Waals surface area contributed by atoms with Gasteiger partial charge in [-0.05, 0) is 127 Å². The highest BCUT2D eigenvalue weighted by Gasteiger charge is 2.34. The van der Waals surface area contributed by atoms with Gasteiger partial charge in [-0.15, -0.1) is 0 Å². The van der Waals surface area contributed by atoms with Crippen LogP contribution >= 0.6 is 0 Å². The van der Waals surface area contributed by atoms with Gasteiger partial charge in [0.05, 0.1) is 0 Å². The fourth-order valence-electron chi connectivity index (χ4n) is 6.76. The number of hydrogen-bond acceptors (Lipinski definition) is 5. The summed E-state index contributed by atoms with van der Waals surface area (Å²) >= 11 is 0. The lowest BCUT2D eigenvalue weighted by Gasteiger charge is -2.38. The number of ether oxygens (including phenoxy) is 2. The van der Waals surface area contributed by atoms with E-state index in [4.69, 9.17) is 14.6 Å². The number of aliphatic hydroxyl groups is 1. The van der Waals surface area contributed by atoms with Crippen LogP contribution < -0.4 is 14.8 Å². The SMILES string of the molecule is Cc1c(C)c2c(c(C)c1OC(=O)CCCCCNCCCCO)CC[C@@](C)(CCC[C@H](C)CCC[C@H](C)CCCC(C)C)O2. The molecule has 254 valence electrons. The summed E-state index contributed by atoms with van der Waals surface area (Å²) < 4.78 is 12.8. The Labute approximate surface area is 271 Å².